The quantitative estimate of drug-likeness (QED) is 0.900. The maximum atomic E-state index is 6.04. The molecule has 0 amide bonds. The number of hydrogen-bond donors (Lipinski definition) is 1. The van der Waals surface area contributed by atoms with Crippen molar-refractivity contribution in [3.8, 4) is 0 Å². The van der Waals surface area contributed by atoms with Crippen molar-refractivity contribution in [2.24, 2.45) is 0 Å². The van der Waals surface area contributed by atoms with Crippen LogP contribution in [-0.4, -0.2) is 30.1 Å². The molecule has 1 fully saturated rings. The standard InChI is InChI=1S/C13H18BrClN2/c1-9-6-17(7-10(2)16-9)8-11-5-12(15)3-4-13(11)14/h3-5,9-10,16H,6-8H2,1-2H3. The van der Waals surface area contributed by atoms with Gasteiger partial charge in [-0.25, -0.2) is 0 Å². The van der Waals surface area contributed by atoms with Crippen LogP contribution in [0.2, 0.25) is 5.02 Å². The van der Waals surface area contributed by atoms with E-state index in [0.29, 0.717) is 12.1 Å². The largest absolute Gasteiger partial charge is 0.309 e. The molecule has 1 aromatic rings. The van der Waals surface area contributed by atoms with Crippen LogP contribution in [0.25, 0.3) is 0 Å². The molecule has 2 nitrogen and oxygen atoms in total. The highest BCUT2D eigenvalue weighted by atomic mass is 79.9. The van der Waals surface area contributed by atoms with Crippen LogP contribution in [0.4, 0.5) is 0 Å². The minimum absolute atomic E-state index is 0.553. The number of halogens is 2. The summed E-state index contributed by atoms with van der Waals surface area (Å²) in [6, 6.07) is 7.09. The molecule has 2 rings (SSSR count). The molecule has 1 aliphatic heterocycles. The van der Waals surface area contributed by atoms with Gasteiger partial charge in [0.1, 0.15) is 0 Å². The Labute approximate surface area is 116 Å². The molecule has 1 saturated heterocycles. The van der Waals surface area contributed by atoms with Crippen molar-refractivity contribution in [2.45, 2.75) is 32.5 Å². The predicted molar refractivity (Wildman–Crippen MR) is 76.5 cm³/mol. The number of benzene rings is 1. The number of hydrogen-bond acceptors (Lipinski definition) is 2. The molecule has 94 valence electrons. The van der Waals surface area contributed by atoms with E-state index < -0.39 is 0 Å². The van der Waals surface area contributed by atoms with Crippen LogP contribution in [0, 0.1) is 0 Å². The molecule has 2 atom stereocenters. The molecule has 1 aromatic carbocycles. The molecule has 0 radical (unpaired) electrons. The van der Waals surface area contributed by atoms with E-state index in [4.69, 9.17) is 11.6 Å². The smallest absolute Gasteiger partial charge is 0.0410 e. The van der Waals surface area contributed by atoms with Crippen LogP contribution in [0.3, 0.4) is 0 Å². The summed E-state index contributed by atoms with van der Waals surface area (Å²) < 4.78 is 1.14. The number of rotatable bonds is 2. The van der Waals surface area contributed by atoms with Gasteiger partial charge in [0.2, 0.25) is 0 Å². The molecule has 0 spiro atoms. The molecule has 1 aliphatic rings. The Kier molecular flexibility index (Phi) is 4.47. The van der Waals surface area contributed by atoms with Gasteiger partial charge >= 0.3 is 0 Å². The van der Waals surface area contributed by atoms with Gasteiger partial charge in [-0.1, -0.05) is 27.5 Å². The summed E-state index contributed by atoms with van der Waals surface area (Å²) in [5.41, 5.74) is 1.26. The summed E-state index contributed by atoms with van der Waals surface area (Å²) in [5.74, 6) is 0. The molecule has 0 saturated carbocycles. The Morgan fingerprint density at radius 2 is 2.00 bits per heavy atom. The number of piperazine rings is 1. The van der Waals surface area contributed by atoms with E-state index in [1.54, 1.807) is 0 Å². The van der Waals surface area contributed by atoms with Gasteiger partial charge in [0.25, 0.3) is 0 Å². The highest BCUT2D eigenvalue weighted by Crippen LogP contribution is 2.23. The van der Waals surface area contributed by atoms with E-state index in [2.05, 4.69) is 40.0 Å². The second-order valence-corrected chi connectivity index (χ2v) is 6.19. The van der Waals surface area contributed by atoms with E-state index in [9.17, 15) is 0 Å². The molecule has 1 heterocycles. The molecule has 17 heavy (non-hydrogen) atoms. The Morgan fingerprint density at radius 3 is 2.65 bits per heavy atom. The van der Waals surface area contributed by atoms with Gasteiger partial charge in [-0.3, -0.25) is 4.90 Å². The van der Waals surface area contributed by atoms with E-state index in [0.717, 1.165) is 29.1 Å². The van der Waals surface area contributed by atoms with Crippen molar-refractivity contribution in [2.75, 3.05) is 13.1 Å². The molecular weight excluding hydrogens is 300 g/mol. The normalized spacial score (nSPS) is 26.1. The molecule has 2 unspecified atom stereocenters. The Balaban J connectivity index is 2.07. The predicted octanol–water partition coefficient (Wildman–Crippen LogP) is 3.28. The first-order valence-corrected chi connectivity index (χ1v) is 7.14. The van der Waals surface area contributed by atoms with Crippen LogP contribution in [0.1, 0.15) is 19.4 Å². The maximum absolute atomic E-state index is 6.04. The summed E-state index contributed by atoms with van der Waals surface area (Å²) in [6.07, 6.45) is 0. The van der Waals surface area contributed by atoms with Crippen molar-refractivity contribution < 1.29 is 0 Å². The Hall–Kier alpha value is -0.0900. The summed E-state index contributed by atoms with van der Waals surface area (Å²) in [5, 5.41) is 4.35. The third-order valence-electron chi connectivity index (χ3n) is 3.03. The molecule has 1 N–H and O–H groups in total. The van der Waals surface area contributed by atoms with Crippen LogP contribution in [0.15, 0.2) is 22.7 Å². The van der Waals surface area contributed by atoms with E-state index >= 15 is 0 Å². The van der Waals surface area contributed by atoms with Gasteiger partial charge in [-0.05, 0) is 37.6 Å². The molecule has 4 heteroatoms. The van der Waals surface area contributed by atoms with Crippen LogP contribution in [0.5, 0.6) is 0 Å². The van der Waals surface area contributed by atoms with Crippen LogP contribution in [-0.2, 0) is 6.54 Å². The van der Waals surface area contributed by atoms with Gasteiger partial charge in [0.15, 0.2) is 0 Å². The summed E-state index contributed by atoms with van der Waals surface area (Å²) >= 11 is 9.63. The third-order valence-corrected chi connectivity index (χ3v) is 4.04. The minimum Gasteiger partial charge on any atom is -0.309 e. The highest BCUT2D eigenvalue weighted by molar-refractivity contribution is 9.10. The topological polar surface area (TPSA) is 15.3 Å². The summed E-state index contributed by atoms with van der Waals surface area (Å²) in [4.78, 5) is 2.47. The lowest BCUT2D eigenvalue weighted by Crippen LogP contribution is -2.53. The minimum atomic E-state index is 0.553. The van der Waals surface area contributed by atoms with Crippen LogP contribution < -0.4 is 5.32 Å². The van der Waals surface area contributed by atoms with Gasteiger partial charge in [-0.2, -0.15) is 0 Å². The first kappa shape index (κ1) is 13.3. The van der Waals surface area contributed by atoms with Gasteiger partial charge in [0, 0.05) is 41.2 Å². The van der Waals surface area contributed by atoms with Crippen molar-refractivity contribution in [3.63, 3.8) is 0 Å². The van der Waals surface area contributed by atoms with Crippen molar-refractivity contribution in [3.05, 3.63) is 33.3 Å². The van der Waals surface area contributed by atoms with Crippen molar-refractivity contribution in [1.29, 1.82) is 0 Å². The van der Waals surface area contributed by atoms with Crippen molar-refractivity contribution >= 4 is 27.5 Å². The summed E-state index contributed by atoms with van der Waals surface area (Å²) in [7, 11) is 0. The Morgan fingerprint density at radius 1 is 1.35 bits per heavy atom. The molecule has 0 aliphatic carbocycles. The zero-order valence-electron chi connectivity index (χ0n) is 10.2. The first-order chi connectivity index (χ1) is 8.04. The SMILES string of the molecule is CC1CN(Cc2cc(Cl)ccc2Br)CC(C)N1. The average molecular weight is 318 g/mol. The molecular formula is C13H18BrClN2. The number of nitrogens with zero attached hydrogens (tertiary/aromatic N) is 1. The third kappa shape index (κ3) is 3.68. The van der Waals surface area contributed by atoms with E-state index in [1.807, 2.05) is 18.2 Å². The fourth-order valence-electron chi connectivity index (χ4n) is 2.47. The average Bonchev–Trinajstić information content (AvgIpc) is 2.22. The summed E-state index contributed by atoms with van der Waals surface area (Å²) in [6.45, 7) is 7.59. The van der Waals surface area contributed by atoms with Gasteiger partial charge in [-0.15, -0.1) is 0 Å². The lowest BCUT2D eigenvalue weighted by atomic mass is 10.1. The molecule has 0 aromatic heterocycles. The van der Waals surface area contributed by atoms with E-state index in [1.165, 1.54) is 5.56 Å². The fourth-order valence-corrected chi connectivity index (χ4v) is 3.04. The number of nitrogens with one attached hydrogen (secondary N) is 1. The van der Waals surface area contributed by atoms with E-state index in [-0.39, 0.29) is 0 Å². The molecule has 0 bridgehead atoms. The van der Waals surface area contributed by atoms with Crippen LogP contribution >= 0.6 is 27.5 Å². The highest BCUT2D eigenvalue weighted by Gasteiger charge is 2.21. The Bertz CT molecular complexity index is 387. The van der Waals surface area contributed by atoms with Crippen molar-refractivity contribution in [1.82, 2.24) is 10.2 Å². The lowest BCUT2D eigenvalue weighted by Gasteiger charge is -2.36. The monoisotopic (exact) mass is 316 g/mol. The zero-order chi connectivity index (χ0) is 12.4. The lowest BCUT2D eigenvalue weighted by molar-refractivity contribution is 0.166. The maximum Gasteiger partial charge on any atom is 0.0410 e. The first-order valence-electron chi connectivity index (χ1n) is 5.97. The van der Waals surface area contributed by atoms with Gasteiger partial charge < -0.3 is 5.32 Å². The second kappa shape index (κ2) is 5.70. The van der Waals surface area contributed by atoms with Gasteiger partial charge in [0.05, 0.1) is 0 Å². The second-order valence-electron chi connectivity index (χ2n) is 4.90. The zero-order valence-corrected chi connectivity index (χ0v) is 12.6. The fraction of sp³-hybridized carbons (Fsp3) is 0.538.